The maximum atomic E-state index is 12.5. The first-order valence-corrected chi connectivity index (χ1v) is 35.4. The lowest BCUT2D eigenvalue weighted by molar-refractivity contribution is -0.143. The van der Waals surface area contributed by atoms with Crippen LogP contribution in [-0.4, -0.2) is 47.4 Å². The molecule has 0 radical (unpaired) electrons. The third-order valence-corrected chi connectivity index (χ3v) is 16.3. The summed E-state index contributed by atoms with van der Waals surface area (Å²) >= 11 is 0. The molecule has 79 heavy (non-hydrogen) atoms. The van der Waals surface area contributed by atoms with Gasteiger partial charge < -0.3 is 20.3 Å². The fraction of sp³-hybridized carbons (Fsp3) is 0.863. The molecule has 2 atom stereocenters. The van der Waals surface area contributed by atoms with Crippen LogP contribution in [0, 0.1) is 0 Å². The van der Waals surface area contributed by atoms with E-state index in [2.05, 4.69) is 55.6 Å². The Morgan fingerprint density at radius 3 is 0.975 bits per heavy atom. The molecule has 6 nitrogen and oxygen atoms in total. The molecular weight excluding hydrogens is 971 g/mol. The van der Waals surface area contributed by atoms with Crippen molar-refractivity contribution in [2.75, 3.05) is 13.2 Å². The van der Waals surface area contributed by atoms with E-state index in [0.29, 0.717) is 19.4 Å². The maximum absolute atomic E-state index is 12.5. The van der Waals surface area contributed by atoms with Gasteiger partial charge >= 0.3 is 5.97 Å². The molecule has 0 aromatic carbocycles. The minimum absolute atomic E-state index is 0.00305. The van der Waals surface area contributed by atoms with Gasteiger partial charge in [0, 0.05) is 12.8 Å². The predicted molar refractivity (Wildman–Crippen MR) is 347 cm³/mol. The Balaban J connectivity index is 3.44. The average molecular weight is 1110 g/mol. The van der Waals surface area contributed by atoms with E-state index in [1.165, 1.54) is 302 Å². The number of allylic oxidation sites excluding steroid dienone is 7. The Labute approximate surface area is 493 Å². The average Bonchev–Trinajstić information content (AvgIpc) is 3.45. The van der Waals surface area contributed by atoms with E-state index in [-0.39, 0.29) is 18.5 Å². The summed E-state index contributed by atoms with van der Waals surface area (Å²) in [5.41, 5.74) is 0. The van der Waals surface area contributed by atoms with E-state index in [9.17, 15) is 19.8 Å². The Morgan fingerprint density at radius 2 is 0.633 bits per heavy atom. The van der Waals surface area contributed by atoms with Crippen molar-refractivity contribution in [3.63, 3.8) is 0 Å². The number of carbonyl (C=O) groups is 2. The van der Waals surface area contributed by atoms with E-state index >= 15 is 0 Å². The zero-order valence-corrected chi connectivity index (χ0v) is 53.1. The van der Waals surface area contributed by atoms with Gasteiger partial charge in [0.25, 0.3) is 0 Å². The smallest absolute Gasteiger partial charge is 0.305 e. The van der Waals surface area contributed by atoms with Gasteiger partial charge in [0.1, 0.15) is 0 Å². The van der Waals surface area contributed by atoms with Crippen molar-refractivity contribution in [1.29, 1.82) is 0 Å². The molecule has 2 unspecified atom stereocenters. The van der Waals surface area contributed by atoms with Crippen molar-refractivity contribution < 1.29 is 24.5 Å². The van der Waals surface area contributed by atoms with Crippen molar-refractivity contribution in [3.8, 4) is 0 Å². The van der Waals surface area contributed by atoms with Crippen LogP contribution in [0.5, 0.6) is 0 Å². The van der Waals surface area contributed by atoms with Crippen LogP contribution in [0.25, 0.3) is 0 Å². The largest absolute Gasteiger partial charge is 0.466 e. The highest BCUT2D eigenvalue weighted by atomic mass is 16.5. The fourth-order valence-corrected chi connectivity index (χ4v) is 10.9. The molecule has 0 aliphatic rings. The molecule has 0 saturated carbocycles. The second kappa shape index (κ2) is 68.3. The highest BCUT2D eigenvalue weighted by molar-refractivity contribution is 5.76. The minimum Gasteiger partial charge on any atom is -0.466 e. The first-order chi connectivity index (χ1) is 39.0. The number of esters is 1. The maximum Gasteiger partial charge on any atom is 0.305 e. The van der Waals surface area contributed by atoms with Gasteiger partial charge in [0.05, 0.1) is 25.4 Å². The number of rotatable bonds is 66. The van der Waals surface area contributed by atoms with E-state index in [1.54, 1.807) is 6.08 Å². The number of aliphatic hydroxyl groups excluding tert-OH is 2. The number of carbonyl (C=O) groups excluding carboxylic acids is 2. The normalized spacial score (nSPS) is 12.8. The van der Waals surface area contributed by atoms with Gasteiger partial charge in [-0.3, -0.25) is 9.59 Å². The third kappa shape index (κ3) is 64.8. The van der Waals surface area contributed by atoms with Gasteiger partial charge in [-0.05, 0) is 89.9 Å². The SMILES string of the molecule is CCCCCCCCC/C=C\CCCCCCCC(=O)OCCCCCCCCCCC/C=C\C/C=C\CCCCCCCCCCCCCC(=O)NC(CO)C(O)/C=C/CCCCCCCCCCCCCCCCCCC. The zero-order chi connectivity index (χ0) is 57.1. The van der Waals surface area contributed by atoms with Crippen LogP contribution in [-0.2, 0) is 14.3 Å². The summed E-state index contributed by atoms with van der Waals surface area (Å²) in [5.74, 6) is -0.0655. The molecule has 0 rings (SSSR count). The summed E-state index contributed by atoms with van der Waals surface area (Å²) in [5, 5.41) is 23.2. The number of aliphatic hydroxyl groups is 2. The van der Waals surface area contributed by atoms with Gasteiger partial charge in [-0.25, -0.2) is 0 Å². The molecule has 0 aliphatic heterocycles. The summed E-state index contributed by atoms with van der Waals surface area (Å²) in [6.45, 7) is 4.92. The molecular formula is C73H137NO5. The number of ether oxygens (including phenoxy) is 1. The topological polar surface area (TPSA) is 95.9 Å². The summed E-state index contributed by atoms with van der Waals surface area (Å²) in [4.78, 5) is 24.6. The van der Waals surface area contributed by atoms with E-state index in [4.69, 9.17) is 4.74 Å². The van der Waals surface area contributed by atoms with E-state index in [1.807, 2.05) is 6.08 Å². The van der Waals surface area contributed by atoms with Crippen molar-refractivity contribution in [1.82, 2.24) is 5.32 Å². The van der Waals surface area contributed by atoms with Crippen LogP contribution in [0.4, 0.5) is 0 Å². The standard InChI is InChI=1S/C73H137NO5/c1-3-5-7-9-11-13-15-17-19-21-31-34-37-41-45-49-53-57-61-65-71(76)70(69-75)74-72(77)66-62-58-54-50-46-42-38-35-32-29-27-25-23-22-24-26-28-30-33-36-40-44-48-52-56-60-64-68-79-73(78)67-63-59-55-51-47-43-39-20-18-16-14-12-10-8-6-4-2/h20,22-23,26,28,39,61,65,70-71,75-76H,3-19,21,24-25,27,29-38,40-60,62-64,66-69H2,1-2H3,(H,74,77)/b23-22-,28-26-,39-20-,65-61+. The molecule has 0 aromatic heterocycles. The number of hydrogen-bond acceptors (Lipinski definition) is 5. The molecule has 0 bridgehead atoms. The Kier molecular flexibility index (Phi) is 66.4. The minimum atomic E-state index is -0.848. The van der Waals surface area contributed by atoms with Crippen molar-refractivity contribution in [2.45, 2.75) is 392 Å². The van der Waals surface area contributed by atoms with Gasteiger partial charge in [0.2, 0.25) is 5.91 Å². The van der Waals surface area contributed by atoms with Crippen LogP contribution in [0.3, 0.4) is 0 Å². The summed E-state index contributed by atoms with van der Waals surface area (Å²) in [7, 11) is 0. The van der Waals surface area contributed by atoms with Gasteiger partial charge in [-0.15, -0.1) is 0 Å². The lowest BCUT2D eigenvalue weighted by Crippen LogP contribution is -2.45. The zero-order valence-electron chi connectivity index (χ0n) is 53.1. The highest BCUT2D eigenvalue weighted by Gasteiger charge is 2.18. The lowest BCUT2D eigenvalue weighted by Gasteiger charge is -2.20. The number of amides is 1. The summed E-state index contributed by atoms with van der Waals surface area (Å²) in [6, 6.07) is -0.632. The predicted octanol–water partition coefficient (Wildman–Crippen LogP) is 22.9. The molecule has 0 heterocycles. The molecule has 1 amide bonds. The van der Waals surface area contributed by atoms with Crippen LogP contribution in [0.1, 0.15) is 380 Å². The van der Waals surface area contributed by atoms with E-state index < -0.39 is 12.1 Å². The molecule has 6 heteroatoms. The molecule has 0 spiro atoms. The molecule has 0 aromatic rings. The second-order valence-corrected chi connectivity index (χ2v) is 24.2. The van der Waals surface area contributed by atoms with Crippen LogP contribution >= 0.6 is 0 Å². The quantitative estimate of drug-likeness (QED) is 0.0320. The Bertz CT molecular complexity index is 1320. The molecule has 0 fully saturated rings. The molecule has 0 aliphatic carbocycles. The highest BCUT2D eigenvalue weighted by Crippen LogP contribution is 2.18. The monoisotopic (exact) mass is 1110 g/mol. The molecule has 464 valence electrons. The van der Waals surface area contributed by atoms with Crippen LogP contribution in [0.2, 0.25) is 0 Å². The molecule has 3 N–H and O–H groups in total. The lowest BCUT2D eigenvalue weighted by atomic mass is 10.0. The van der Waals surface area contributed by atoms with E-state index in [0.717, 1.165) is 51.4 Å². The van der Waals surface area contributed by atoms with Crippen molar-refractivity contribution in [2.24, 2.45) is 0 Å². The Hall–Kier alpha value is -2.18. The third-order valence-electron chi connectivity index (χ3n) is 16.3. The van der Waals surface area contributed by atoms with Crippen LogP contribution < -0.4 is 5.32 Å². The number of hydrogen-bond donors (Lipinski definition) is 3. The summed E-state index contributed by atoms with van der Waals surface area (Å²) in [6.07, 6.45) is 89.0. The van der Waals surface area contributed by atoms with Gasteiger partial charge in [-0.1, -0.05) is 326 Å². The Morgan fingerprint density at radius 1 is 0.354 bits per heavy atom. The van der Waals surface area contributed by atoms with Gasteiger partial charge in [0.15, 0.2) is 0 Å². The van der Waals surface area contributed by atoms with Crippen molar-refractivity contribution in [3.05, 3.63) is 48.6 Å². The number of nitrogens with one attached hydrogen (secondary N) is 1. The van der Waals surface area contributed by atoms with Crippen molar-refractivity contribution >= 4 is 11.9 Å². The summed E-state index contributed by atoms with van der Waals surface area (Å²) < 4.78 is 5.49. The first kappa shape index (κ1) is 76.8. The van der Waals surface area contributed by atoms with Gasteiger partial charge in [-0.2, -0.15) is 0 Å². The first-order valence-electron chi connectivity index (χ1n) is 35.4. The number of unbranched alkanes of at least 4 members (excludes halogenated alkanes) is 49. The molecule has 0 saturated heterocycles. The second-order valence-electron chi connectivity index (χ2n) is 24.2. The van der Waals surface area contributed by atoms with Crippen LogP contribution in [0.15, 0.2) is 48.6 Å². The fourth-order valence-electron chi connectivity index (χ4n) is 10.9.